The summed E-state index contributed by atoms with van der Waals surface area (Å²) in [7, 11) is 1.40. The lowest BCUT2D eigenvalue weighted by Gasteiger charge is -2.06. The molecule has 1 aromatic rings. The number of Topliss-reactive ketones (excluding diaryl/α,β-unsaturated/α-hetero) is 1. The Kier molecular flexibility index (Phi) is 3.03. The molecule has 0 aliphatic carbocycles. The topological polar surface area (TPSA) is 26.3 Å². The van der Waals surface area contributed by atoms with Crippen molar-refractivity contribution in [2.45, 2.75) is 6.92 Å². The van der Waals surface area contributed by atoms with Crippen LogP contribution in [0.15, 0.2) is 16.6 Å². The van der Waals surface area contributed by atoms with Crippen LogP contribution in [0.5, 0.6) is 5.75 Å². The van der Waals surface area contributed by atoms with Gasteiger partial charge in [0.25, 0.3) is 0 Å². The van der Waals surface area contributed by atoms with Gasteiger partial charge in [0, 0.05) is 6.07 Å². The van der Waals surface area contributed by atoms with Crippen LogP contribution in [0.2, 0.25) is 0 Å². The van der Waals surface area contributed by atoms with E-state index in [9.17, 15) is 9.18 Å². The molecule has 0 radical (unpaired) electrons. The van der Waals surface area contributed by atoms with Crippen LogP contribution >= 0.6 is 15.9 Å². The van der Waals surface area contributed by atoms with Crippen molar-refractivity contribution in [3.63, 3.8) is 0 Å². The molecule has 4 heteroatoms. The maximum Gasteiger partial charge on any atom is 0.163 e. The van der Waals surface area contributed by atoms with Crippen LogP contribution in [0.1, 0.15) is 17.3 Å². The molecule has 0 aliphatic rings. The molecule has 0 heterocycles. The second-order valence-electron chi connectivity index (χ2n) is 2.52. The maximum absolute atomic E-state index is 13.0. The monoisotopic (exact) mass is 246 g/mol. The van der Waals surface area contributed by atoms with Gasteiger partial charge >= 0.3 is 0 Å². The van der Waals surface area contributed by atoms with Gasteiger partial charge in [0.05, 0.1) is 17.1 Å². The number of carbonyl (C=O) groups is 1. The lowest BCUT2D eigenvalue weighted by molar-refractivity contribution is 0.101. The van der Waals surface area contributed by atoms with E-state index in [1.54, 1.807) is 0 Å². The minimum absolute atomic E-state index is 0.155. The van der Waals surface area contributed by atoms with Crippen molar-refractivity contribution >= 4 is 21.7 Å². The van der Waals surface area contributed by atoms with Crippen molar-refractivity contribution in [3.05, 3.63) is 28.0 Å². The largest absolute Gasteiger partial charge is 0.496 e. The summed E-state index contributed by atoms with van der Waals surface area (Å²) < 4.78 is 18.1. The zero-order chi connectivity index (χ0) is 10.0. The van der Waals surface area contributed by atoms with Gasteiger partial charge in [-0.25, -0.2) is 4.39 Å². The van der Waals surface area contributed by atoms with Crippen molar-refractivity contribution in [1.29, 1.82) is 0 Å². The maximum atomic E-state index is 13.0. The van der Waals surface area contributed by atoms with Crippen LogP contribution in [0, 0.1) is 5.82 Å². The van der Waals surface area contributed by atoms with Crippen LogP contribution in [0.3, 0.4) is 0 Å². The number of methoxy groups -OCH3 is 1. The molecule has 0 N–H and O–H groups in total. The van der Waals surface area contributed by atoms with E-state index >= 15 is 0 Å². The average molecular weight is 247 g/mol. The van der Waals surface area contributed by atoms with Crippen molar-refractivity contribution in [3.8, 4) is 5.75 Å². The van der Waals surface area contributed by atoms with E-state index in [0.29, 0.717) is 5.56 Å². The van der Waals surface area contributed by atoms with Gasteiger partial charge in [-0.15, -0.1) is 0 Å². The molecule has 0 bridgehead atoms. The first-order chi connectivity index (χ1) is 6.06. The molecule has 0 aliphatic heterocycles. The molecule has 2 nitrogen and oxygen atoms in total. The highest BCUT2D eigenvalue weighted by Crippen LogP contribution is 2.26. The predicted octanol–water partition coefficient (Wildman–Crippen LogP) is 2.80. The molecule has 0 aromatic heterocycles. The Labute approximate surface area is 83.8 Å². The van der Waals surface area contributed by atoms with Gasteiger partial charge in [-0.1, -0.05) is 0 Å². The van der Waals surface area contributed by atoms with E-state index < -0.39 is 5.82 Å². The Bertz CT molecular complexity index is 350. The fourth-order valence-electron chi connectivity index (χ4n) is 0.973. The number of halogens is 2. The Morgan fingerprint density at radius 2 is 2.15 bits per heavy atom. The van der Waals surface area contributed by atoms with E-state index in [4.69, 9.17) is 4.74 Å². The Morgan fingerprint density at radius 1 is 1.54 bits per heavy atom. The number of rotatable bonds is 2. The second kappa shape index (κ2) is 3.87. The molecule has 0 amide bonds. The van der Waals surface area contributed by atoms with E-state index in [1.165, 1.54) is 26.2 Å². The summed E-state index contributed by atoms with van der Waals surface area (Å²) in [5.74, 6) is -0.340. The molecule has 0 atom stereocenters. The van der Waals surface area contributed by atoms with E-state index in [-0.39, 0.29) is 16.0 Å². The molecule has 0 saturated heterocycles. The number of carbonyl (C=O) groups excluding carboxylic acids is 1. The fourth-order valence-corrected chi connectivity index (χ4v) is 1.32. The minimum atomic E-state index is -0.443. The molecular weight excluding hydrogens is 239 g/mol. The van der Waals surface area contributed by atoms with Gasteiger partial charge in [-0.2, -0.15) is 0 Å². The first kappa shape index (κ1) is 10.2. The minimum Gasteiger partial charge on any atom is -0.496 e. The zero-order valence-electron chi connectivity index (χ0n) is 7.23. The van der Waals surface area contributed by atoms with Crippen LogP contribution in [-0.4, -0.2) is 12.9 Å². The summed E-state index contributed by atoms with van der Waals surface area (Å²) in [5.41, 5.74) is 0.371. The first-order valence-electron chi connectivity index (χ1n) is 3.60. The lowest BCUT2D eigenvalue weighted by Crippen LogP contribution is -1.98. The third-order valence-electron chi connectivity index (χ3n) is 1.62. The summed E-state index contributed by atoms with van der Waals surface area (Å²) in [6.07, 6.45) is 0. The third-order valence-corrected chi connectivity index (χ3v) is 2.23. The molecule has 0 saturated carbocycles. The predicted molar refractivity (Wildman–Crippen MR) is 50.7 cm³/mol. The highest BCUT2D eigenvalue weighted by Gasteiger charge is 2.11. The number of benzene rings is 1. The summed E-state index contributed by atoms with van der Waals surface area (Å²) in [6, 6.07) is 2.59. The Hall–Kier alpha value is -0.900. The summed E-state index contributed by atoms with van der Waals surface area (Å²) in [6.45, 7) is 1.40. The molecule has 0 fully saturated rings. The Balaban J connectivity index is 3.33. The van der Waals surface area contributed by atoms with Crippen LogP contribution in [0.25, 0.3) is 0 Å². The number of ketones is 1. The van der Waals surface area contributed by atoms with Gasteiger partial charge in [0.2, 0.25) is 0 Å². The molecule has 0 unspecified atom stereocenters. The normalized spacial score (nSPS) is 9.85. The van der Waals surface area contributed by atoms with Crippen molar-refractivity contribution in [2.24, 2.45) is 0 Å². The number of hydrogen-bond acceptors (Lipinski definition) is 2. The summed E-state index contributed by atoms with van der Waals surface area (Å²) in [4.78, 5) is 11.1. The van der Waals surface area contributed by atoms with Crippen molar-refractivity contribution in [1.82, 2.24) is 0 Å². The van der Waals surface area contributed by atoms with E-state index in [0.717, 1.165) is 0 Å². The van der Waals surface area contributed by atoms with Gasteiger partial charge in [-0.05, 0) is 28.9 Å². The standard InChI is InChI=1S/C9H8BrFO2/c1-5(12)6-3-7(10)8(11)4-9(6)13-2/h3-4H,1-2H3. The molecule has 70 valence electrons. The Morgan fingerprint density at radius 3 is 2.62 bits per heavy atom. The number of hydrogen-bond donors (Lipinski definition) is 0. The quantitative estimate of drug-likeness (QED) is 0.751. The van der Waals surface area contributed by atoms with Crippen LogP contribution in [-0.2, 0) is 0 Å². The van der Waals surface area contributed by atoms with Crippen LogP contribution in [0.4, 0.5) is 4.39 Å². The van der Waals surface area contributed by atoms with E-state index in [1.807, 2.05) is 0 Å². The van der Waals surface area contributed by atoms with Gasteiger partial charge in [0.1, 0.15) is 11.6 Å². The van der Waals surface area contributed by atoms with Gasteiger partial charge in [-0.3, -0.25) is 4.79 Å². The smallest absolute Gasteiger partial charge is 0.163 e. The van der Waals surface area contributed by atoms with Crippen molar-refractivity contribution < 1.29 is 13.9 Å². The molecular formula is C9H8BrFO2. The zero-order valence-corrected chi connectivity index (χ0v) is 8.81. The molecule has 1 rings (SSSR count). The highest BCUT2D eigenvalue weighted by molar-refractivity contribution is 9.10. The third kappa shape index (κ3) is 2.06. The fraction of sp³-hybridized carbons (Fsp3) is 0.222. The first-order valence-corrected chi connectivity index (χ1v) is 4.39. The average Bonchev–Trinajstić information content (AvgIpc) is 2.08. The molecule has 13 heavy (non-hydrogen) atoms. The highest BCUT2D eigenvalue weighted by atomic mass is 79.9. The van der Waals surface area contributed by atoms with Gasteiger partial charge < -0.3 is 4.74 Å². The molecule has 1 aromatic carbocycles. The SMILES string of the molecule is COc1cc(F)c(Br)cc1C(C)=O. The lowest BCUT2D eigenvalue weighted by atomic mass is 10.1. The van der Waals surface area contributed by atoms with Gasteiger partial charge in [0.15, 0.2) is 5.78 Å². The van der Waals surface area contributed by atoms with Crippen LogP contribution < -0.4 is 4.74 Å². The number of ether oxygens (including phenoxy) is 1. The molecule has 0 spiro atoms. The second-order valence-corrected chi connectivity index (χ2v) is 3.38. The van der Waals surface area contributed by atoms with E-state index in [2.05, 4.69) is 15.9 Å². The van der Waals surface area contributed by atoms with Crippen molar-refractivity contribution in [2.75, 3.05) is 7.11 Å². The summed E-state index contributed by atoms with van der Waals surface area (Å²) in [5, 5.41) is 0. The summed E-state index contributed by atoms with van der Waals surface area (Å²) >= 11 is 2.99.